The zero-order valence-electron chi connectivity index (χ0n) is 13.1. The molecule has 0 atom stereocenters. The van der Waals surface area contributed by atoms with Crippen LogP contribution in [0.1, 0.15) is 12.8 Å². The van der Waals surface area contributed by atoms with E-state index in [1.807, 2.05) is 36.0 Å². The van der Waals surface area contributed by atoms with Gasteiger partial charge in [0.2, 0.25) is 5.56 Å². The molecule has 0 aliphatic rings. The molecule has 3 aromatic rings. The Bertz CT molecular complexity index is 864. The SMILES string of the molecule is O=c1ccc2c(Br)c(OCCCCSc3ccccc3)ccc2[nH]1. The molecule has 5 heteroatoms. The van der Waals surface area contributed by atoms with Gasteiger partial charge in [-0.3, -0.25) is 4.79 Å². The van der Waals surface area contributed by atoms with E-state index in [2.05, 4.69) is 45.2 Å². The first-order valence-electron chi connectivity index (χ1n) is 7.86. The molecule has 0 aliphatic heterocycles. The number of unbranched alkanes of at least 4 members (excludes halogenated alkanes) is 1. The number of H-pyrrole nitrogens is 1. The lowest BCUT2D eigenvalue weighted by Crippen LogP contribution is -2.03. The molecule has 2 aromatic carbocycles. The number of hydrogen-bond acceptors (Lipinski definition) is 3. The molecule has 0 unspecified atom stereocenters. The van der Waals surface area contributed by atoms with Crippen LogP contribution in [0.15, 0.2) is 68.8 Å². The summed E-state index contributed by atoms with van der Waals surface area (Å²) in [5, 5.41) is 0.951. The van der Waals surface area contributed by atoms with Gasteiger partial charge in [0.15, 0.2) is 0 Å². The van der Waals surface area contributed by atoms with Crippen LogP contribution in [0.2, 0.25) is 0 Å². The van der Waals surface area contributed by atoms with Crippen LogP contribution in [-0.2, 0) is 0 Å². The second-order valence-electron chi connectivity index (χ2n) is 5.38. The topological polar surface area (TPSA) is 42.1 Å². The maximum Gasteiger partial charge on any atom is 0.248 e. The molecule has 1 N–H and O–H groups in total. The highest BCUT2D eigenvalue weighted by molar-refractivity contribution is 9.10. The predicted molar refractivity (Wildman–Crippen MR) is 104 cm³/mol. The molecule has 0 amide bonds. The Kier molecular flexibility index (Phi) is 5.99. The number of halogens is 1. The molecular formula is C19H18BrNO2S. The average molecular weight is 404 g/mol. The standard InChI is InChI=1S/C19H18BrNO2S/c20-19-15-8-11-18(22)21-16(15)9-10-17(19)23-12-4-5-13-24-14-6-2-1-3-7-14/h1-3,6-11H,4-5,12-13H2,(H,21,22). The Hall–Kier alpha value is -1.72. The van der Waals surface area contributed by atoms with Gasteiger partial charge in [-0.15, -0.1) is 11.8 Å². The Morgan fingerprint density at radius 1 is 1.00 bits per heavy atom. The Morgan fingerprint density at radius 3 is 2.67 bits per heavy atom. The number of aromatic nitrogens is 1. The molecule has 0 saturated carbocycles. The van der Waals surface area contributed by atoms with Crippen LogP contribution in [0, 0.1) is 0 Å². The van der Waals surface area contributed by atoms with Crippen molar-refractivity contribution >= 4 is 38.6 Å². The number of nitrogens with one attached hydrogen (secondary N) is 1. The van der Waals surface area contributed by atoms with Crippen molar-refractivity contribution in [3.8, 4) is 5.75 Å². The third-order valence-corrected chi connectivity index (χ3v) is 5.53. The van der Waals surface area contributed by atoms with E-state index in [0.717, 1.165) is 39.7 Å². The maximum atomic E-state index is 11.4. The van der Waals surface area contributed by atoms with Crippen molar-refractivity contribution in [3.05, 3.63) is 69.4 Å². The highest BCUT2D eigenvalue weighted by Crippen LogP contribution is 2.32. The van der Waals surface area contributed by atoms with Gasteiger partial charge in [-0.2, -0.15) is 0 Å². The first-order valence-corrected chi connectivity index (χ1v) is 9.64. The molecule has 0 aliphatic carbocycles. The summed E-state index contributed by atoms with van der Waals surface area (Å²) in [5.41, 5.74) is 0.708. The van der Waals surface area contributed by atoms with Gasteiger partial charge >= 0.3 is 0 Å². The fourth-order valence-corrected chi connectivity index (χ4v) is 3.91. The number of fused-ring (bicyclic) bond motifs is 1. The number of benzene rings is 2. The average Bonchev–Trinajstić information content (AvgIpc) is 2.60. The molecular weight excluding hydrogens is 386 g/mol. The van der Waals surface area contributed by atoms with E-state index < -0.39 is 0 Å². The molecule has 1 aromatic heterocycles. The molecule has 0 saturated heterocycles. The lowest BCUT2D eigenvalue weighted by molar-refractivity contribution is 0.308. The second kappa shape index (κ2) is 8.40. The smallest absolute Gasteiger partial charge is 0.248 e. The van der Waals surface area contributed by atoms with Gasteiger partial charge in [0.05, 0.1) is 11.1 Å². The van der Waals surface area contributed by atoms with Crippen LogP contribution in [0.25, 0.3) is 10.9 Å². The number of aromatic amines is 1. The Morgan fingerprint density at radius 2 is 1.83 bits per heavy atom. The summed E-state index contributed by atoms with van der Waals surface area (Å²) in [6, 6.07) is 17.5. The van der Waals surface area contributed by atoms with E-state index in [0.29, 0.717) is 6.61 Å². The predicted octanol–water partition coefficient (Wildman–Crippen LogP) is 5.24. The first-order chi connectivity index (χ1) is 11.7. The van der Waals surface area contributed by atoms with Crippen molar-refractivity contribution in [2.24, 2.45) is 0 Å². The van der Waals surface area contributed by atoms with Crippen LogP contribution in [0.5, 0.6) is 5.75 Å². The van der Waals surface area contributed by atoms with Crippen LogP contribution < -0.4 is 10.3 Å². The van der Waals surface area contributed by atoms with E-state index in [4.69, 9.17) is 4.74 Å². The van der Waals surface area contributed by atoms with Gasteiger partial charge in [-0.1, -0.05) is 18.2 Å². The van der Waals surface area contributed by atoms with E-state index in [1.54, 1.807) is 0 Å². The summed E-state index contributed by atoms with van der Waals surface area (Å²) in [6.07, 6.45) is 2.12. The maximum absolute atomic E-state index is 11.4. The first kappa shape index (κ1) is 17.1. The molecule has 1 heterocycles. The minimum Gasteiger partial charge on any atom is -0.492 e. The van der Waals surface area contributed by atoms with Crippen LogP contribution in [-0.4, -0.2) is 17.3 Å². The monoisotopic (exact) mass is 403 g/mol. The molecule has 0 radical (unpaired) electrons. The van der Waals surface area contributed by atoms with E-state index >= 15 is 0 Å². The molecule has 24 heavy (non-hydrogen) atoms. The van der Waals surface area contributed by atoms with Crippen molar-refractivity contribution in [2.45, 2.75) is 17.7 Å². The lowest BCUT2D eigenvalue weighted by atomic mass is 10.2. The van der Waals surface area contributed by atoms with Crippen molar-refractivity contribution in [3.63, 3.8) is 0 Å². The summed E-state index contributed by atoms with van der Waals surface area (Å²) in [7, 11) is 0. The zero-order chi connectivity index (χ0) is 16.8. The largest absolute Gasteiger partial charge is 0.492 e. The third-order valence-electron chi connectivity index (χ3n) is 3.61. The van der Waals surface area contributed by atoms with Crippen LogP contribution in [0.3, 0.4) is 0 Å². The molecule has 0 bridgehead atoms. The van der Waals surface area contributed by atoms with Crippen molar-refractivity contribution in [1.82, 2.24) is 4.98 Å². The van der Waals surface area contributed by atoms with Gasteiger partial charge < -0.3 is 9.72 Å². The number of thioether (sulfide) groups is 1. The van der Waals surface area contributed by atoms with Crippen LogP contribution >= 0.6 is 27.7 Å². The summed E-state index contributed by atoms with van der Waals surface area (Å²) < 4.78 is 6.76. The quantitative estimate of drug-likeness (QED) is 0.433. The van der Waals surface area contributed by atoms with Crippen molar-refractivity contribution < 1.29 is 4.74 Å². The Balaban J connectivity index is 1.48. The van der Waals surface area contributed by atoms with Crippen molar-refractivity contribution in [1.29, 1.82) is 0 Å². The van der Waals surface area contributed by atoms with E-state index in [-0.39, 0.29) is 5.56 Å². The van der Waals surface area contributed by atoms with Gasteiger partial charge in [0.25, 0.3) is 0 Å². The number of pyridine rings is 1. The third kappa shape index (κ3) is 4.42. The highest BCUT2D eigenvalue weighted by Gasteiger charge is 2.06. The lowest BCUT2D eigenvalue weighted by Gasteiger charge is -2.10. The fraction of sp³-hybridized carbons (Fsp3) is 0.211. The highest BCUT2D eigenvalue weighted by atomic mass is 79.9. The Labute approximate surface area is 153 Å². The van der Waals surface area contributed by atoms with E-state index in [1.165, 1.54) is 11.0 Å². The van der Waals surface area contributed by atoms with Gasteiger partial charge in [0.1, 0.15) is 5.75 Å². The minimum absolute atomic E-state index is 0.0982. The zero-order valence-corrected chi connectivity index (χ0v) is 15.5. The molecule has 3 nitrogen and oxygen atoms in total. The molecule has 3 rings (SSSR count). The van der Waals surface area contributed by atoms with Crippen LogP contribution in [0.4, 0.5) is 0 Å². The number of ether oxygens (including phenoxy) is 1. The summed E-state index contributed by atoms with van der Waals surface area (Å²) >= 11 is 5.44. The van der Waals surface area contributed by atoms with Gasteiger partial charge in [-0.25, -0.2) is 0 Å². The summed E-state index contributed by atoms with van der Waals surface area (Å²) in [6.45, 7) is 0.683. The number of hydrogen-bond donors (Lipinski definition) is 1. The van der Waals surface area contributed by atoms with Crippen molar-refractivity contribution in [2.75, 3.05) is 12.4 Å². The van der Waals surface area contributed by atoms with Gasteiger partial charge in [-0.05, 0) is 64.9 Å². The fourth-order valence-electron chi connectivity index (χ4n) is 2.38. The summed E-state index contributed by atoms with van der Waals surface area (Å²) in [4.78, 5) is 15.5. The molecule has 0 fully saturated rings. The minimum atomic E-state index is -0.0982. The molecule has 124 valence electrons. The second-order valence-corrected chi connectivity index (χ2v) is 7.34. The van der Waals surface area contributed by atoms with E-state index in [9.17, 15) is 4.79 Å². The number of rotatable bonds is 7. The van der Waals surface area contributed by atoms with Gasteiger partial charge in [0, 0.05) is 21.9 Å². The normalized spacial score (nSPS) is 10.9. The molecule has 0 spiro atoms. The summed E-state index contributed by atoms with van der Waals surface area (Å²) in [5.74, 6) is 1.90.